The van der Waals surface area contributed by atoms with Crippen LogP contribution in [-0.2, 0) is 32.0 Å². The second-order valence-electron chi connectivity index (χ2n) is 13.1. The molecule has 0 spiro atoms. The fourth-order valence-corrected chi connectivity index (χ4v) is 5.26. The molecular weight excluding hydrogens is 584 g/mol. The van der Waals surface area contributed by atoms with Crippen molar-refractivity contribution in [3.8, 4) is 5.75 Å². The van der Waals surface area contributed by atoms with Gasteiger partial charge in [0.05, 0.1) is 18.5 Å². The summed E-state index contributed by atoms with van der Waals surface area (Å²) in [6.45, 7) is 12.9. The van der Waals surface area contributed by atoms with Crippen LogP contribution in [-0.4, -0.2) is 76.0 Å². The van der Waals surface area contributed by atoms with Gasteiger partial charge in [-0.15, -0.1) is 0 Å². The Kier molecular flexibility index (Phi) is 15.2. The molecule has 0 aromatic heterocycles. The number of carbonyl (C=O) groups excluding carboxylic acids is 3. The van der Waals surface area contributed by atoms with Crippen LogP contribution in [0, 0.1) is 5.92 Å². The summed E-state index contributed by atoms with van der Waals surface area (Å²) in [6, 6.07) is 15.2. The third kappa shape index (κ3) is 12.1. The zero-order valence-electron chi connectivity index (χ0n) is 29.0. The first-order valence-corrected chi connectivity index (χ1v) is 16.5. The zero-order chi connectivity index (χ0) is 34.4. The van der Waals surface area contributed by atoms with Crippen molar-refractivity contribution >= 4 is 23.8 Å². The summed E-state index contributed by atoms with van der Waals surface area (Å²) in [6.07, 6.45) is 2.75. The standard InChI is InChI=1S/C37H54N2O7/c1-9-11-20-29-21-15-16-22-33(29)45-26(3)25-39(36(44)46-37(5,6)7)31(17-10-2)34(41)38(8)27(4)32(40)24-30(35(42)43)23-28-18-13-12-14-19-28/h12-16,18-19,21-22,26-27,30-31H,9-11,17,20,23-25H2,1-8H3,(H,42,43)/t26-,27-,30+,31+/m1/s1. The van der Waals surface area contributed by atoms with E-state index in [1.165, 1.54) is 16.8 Å². The number of para-hydroxylation sites is 1. The minimum Gasteiger partial charge on any atom is -0.489 e. The lowest BCUT2D eigenvalue weighted by Crippen LogP contribution is -2.56. The Morgan fingerprint density at radius 1 is 0.913 bits per heavy atom. The molecule has 0 radical (unpaired) electrons. The summed E-state index contributed by atoms with van der Waals surface area (Å²) in [7, 11) is 1.53. The fraction of sp³-hybridized carbons (Fsp3) is 0.568. The molecule has 0 saturated carbocycles. The normalized spacial score (nSPS) is 14.0. The molecule has 0 aliphatic rings. The van der Waals surface area contributed by atoms with E-state index in [2.05, 4.69) is 6.92 Å². The molecule has 9 heteroatoms. The Morgan fingerprint density at radius 3 is 2.13 bits per heavy atom. The Morgan fingerprint density at radius 2 is 1.54 bits per heavy atom. The molecule has 0 saturated heterocycles. The number of hydrogen-bond donors (Lipinski definition) is 1. The average molecular weight is 639 g/mol. The first-order valence-electron chi connectivity index (χ1n) is 16.5. The van der Waals surface area contributed by atoms with E-state index in [1.54, 1.807) is 27.7 Å². The minimum atomic E-state index is -1.07. The van der Waals surface area contributed by atoms with Crippen molar-refractivity contribution in [1.29, 1.82) is 0 Å². The van der Waals surface area contributed by atoms with E-state index >= 15 is 0 Å². The van der Waals surface area contributed by atoms with Crippen LogP contribution in [0.2, 0.25) is 0 Å². The molecule has 2 amide bonds. The van der Waals surface area contributed by atoms with Crippen molar-refractivity contribution in [2.45, 2.75) is 117 Å². The van der Waals surface area contributed by atoms with Crippen molar-refractivity contribution < 1.29 is 33.8 Å². The van der Waals surface area contributed by atoms with Gasteiger partial charge in [-0.25, -0.2) is 4.79 Å². The van der Waals surface area contributed by atoms with Gasteiger partial charge in [0.2, 0.25) is 5.91 Å². The number of amides is 2. The van der Waals surface area contributed by atoms with E-state index in [1.807, 2.05) is 68.4 Å². The van der Waals surface area contributed by atoms with Gasteiger partial charge in [0.15, 0.2) is 5.78 Å². The predicted octanol–water partition coefficient (Wildman–Crippen LogP) is 6.95. The fourth-order valence-electron chi connectivity index (χ4n) is 5.26. The number of likely N-dealkylation sites (N-methyl/N-ethyl adjacent to an activating group) is 1. The molecule has 0 fully saturated rings. The average Bonchev–Trinajstić information content (AvgIpc) is 3.00. The Bertz CT molecular complexity index is 1270. The van der Waals surface area contributed by atoms with Gasteiger partial charge in [-0.05, 0) is 77.5 Å². The summed E-state index contributed by atoms with van der Waals surface area (Å²) in [4.78, 5) is 55.9. The molecule has 4 atom stereocenters. The maximum absolute atomic E-state index is 14.1. The predicted molar refractivity (Wildman–Crippen MR) is 180 cm³/mol. The van der Waals surface area contributed by atoms with Crippen molar-refractivity contribution in [3.05, 3.63) is 65.7 Å². The summed E-state index contributed by atoms with van der Waals surface area (Å²) in [5.74, 6) is -2.03. The topological polar surface area (TPSA) is 113 Å². The number of ether oxygens (including phenoxy) is 2. The van der Waals surface area contributed by atoms with Gasteiger partial charge in [0.25, 0.3) is 0 Å². The van der Waals surface area contributed by atoms with Gasteiger partial charge in [-0.1, -0.05) is 75.2 Å². The lowest BCUT2D eigenvalue weighted by Gasteiger charge is -2.37. The highest BCUT2D eigenvalue weighted by atomic mass is 16.6. The van der Waals surface area contributed by atoms with E-state index in [9.17, 15) is 24.3 Å². The highest BCUT2D eigenvalue weighted by Crippen LogP contribution is 2.24. The monoisotopic (exact) mass is 638 g/mol. The second-order valence-corrected chi connectivity index (χ2v) is 13.1. The third-order valence-electron chi connectivity index (χ3n) is 7.92. The van der Waals surface area contributed by atoms with Crippen molar-refractivity contribution in [3.63, 3.8) is 0 Å². The maximum atomic E-state index is 14.1. The summed E-state index contributed by atoms with van der Waals surface area (Å²) in [5.41, 5.74) is 1.10. The van der Waals surface area contributed by atoms with Gasteiger partial charge in [-0.3, -0.25) is 19.3 Å². The van der Waals surface area contributed by atoms with E-state index in [-0.39, 0.29) is 25.2 Å². The molecule has 2 rings (SSSR count). The van der Waals surface area contributed by atoms with Crippen LogP contribution in [0.15, 0.2) is 54.6 Å². The van der Waals surface area contributed by atoms with E-state index in [0.717, 1.165) is 36.1 Å². The number of unbranched alkanes of at least 4 members (excludes halogenated alkanes) is 1. The number of ketones is 1. The van der Waals surface area contributed by atoms with Gasteiger partial charge in [-0.2, -0.15) is 0 Å². The number of Topliss-reactive ketones (excluding diaryl/α,β-unsaturated/α-hetero) is 1. The molecule has 2 aromatic rings. The van der Waals surface area contributed by atoms with Crippen molar-refractivity contribution in [1.82, 2.24) is 9.80 Å². The van der Waals surface area contributed by atoms with Crippen LogP contribution in [0.1, 0.15) is 91.7 Å². The third-order valence-corrected chi connectivity index (χ3v) is 7.92. The molecule has 0 unspecified atom stereocenters. The Labute approximate surface area is 275 Å². The number of nitrogens with zero attached hydrogens (tertiary/aromatic N) is 2. The smallest absolute Gasteiger partial charge is 0.411 e. The molecule has 46 heavy (non-hydrogen) atoms. The van der Waals surface area contributed by atoms with E-state index in [4.69, 9.17) is 9.47 Å². The maximum Gasteiger partial charge on any atom is 0.411 e. The summed E-state index contributed by atoms with van der Waals surface area (Å²) >= 11 is 0. The number of rotatable bonds is 18. The van der Waals surface area contributed by atoms with E-state index in [0.29, 0.717) is 12.8 Å². The first-order chi connectivity index (χ1) is 21.7. The highest BCUT2D eigenvalue weighted by molar-refractivity contribution is 5.93. The SMILES string of the molecule is CCCCc1ccccc1O[C@H](C)CN(C(=O)OC(C)(C)C)[C@@H](CCC)C(=O)N(C)[C@H](C)C(=O)C[C@H](Cc1ccccc1)C(=O)O. The quantitative estimate of drug-likeness (QED) is 0.188. The van der Waals surface area contributed by atoms with Gasteiger partial charge in [0.1, 0.15) is 23.5 Å². The lowest BCUT2D eigenvalue weighted by atomic mass is 9.92. The van der Waals surface area contributed by atoms with Crippen LogP contribution in [0.25, 0.3) is 0 Å². The van der Waals surface area contributed by atoms with Crippen LogP contribution in [0.5, 0.6) is 5.75 Å². The van der Waals surface area contributed by atoms with E-state index < -0.39 is 47.7 Å². The molecule has 2 aromatic carbocycles. The molecule has 0 aliphatic carbocycles. The van der Waals surface area contributed by atoms with Crippen LogP contribution in [0.4, 0.5) is 4.79 Å². The lowest BCUT2D eigenvalue weighted by molar-refractivity contribution is -0.146. The molecule has 0 aliphatic heterocycles. The minimum absolute atomic E-state index is 0.0851. The molecule has 254 valence electrons. The second kappa shape index (κ2) is 18.3. The number of aryl methyl sites for hydroxylation is 1. The molecular formula is C37H54N2O7. The van der Waals surface area contributed by atoms with Gasteiger partial charge >= 0.3 is 12.1 Å². The van der Waals surface area contributed by atoms with Crippen molar-refractivity contribution in [2.75, 3.05) is 13.6 Å². The first kappa shape index (κ1) is 38.3. The highest BCUT2D eigenvalue weighted by Gasteiger charge is 2.38. The van der Waals surface area contributed by atoms with Gasteiger partial charge < -0.3 is 19.5 Å². The van der Waals surface area contributed by atoms with Crippen LogP contribution in [0.3, 0.4) is 0 Å². The number of aliphatic carboxylic acids is 1. The molecule has 0 bridgehead atoms. The number of benzene rings is 2. The summed E-state index contributed by atoms with van der Waals surface area (Å²) in [5, 5.41) is 9.84. The van der Waals surface area contributed by atoms with Crippen LogP contribution < -0.4 is 4.74 Å². The molecule has 0 heterocycles. The number of carbonyl (C=O) groups is 4. The Hall–Kier alpha value is -3.88. The number of carboxylic acid groups (broad SMARTS) is 1. The largest absolute Gasteiger partial charge is 0.489 e. The zero-order valence-corrected chi connectivity index (χ0v) is 29.0. The van der Waals surface area contributed by atoms with Gasteiger partial charge in [0, 0.05) is 13.5 Å². The van der Waals surface area contributed by atoms with Crippen molar-refractivity contribution in [2.24, 2.45) is 5.92 Å². The molecule has 9 nitrogen and oxygen atoms in total. The Balaban J connectivity index is 2.29. The van der Waals surface area contributed by atoms with Crippen LogP contribution >= 0.6 is 0 Å². The number of hydrogen-bond acceptors (Lipinski definition) is 6. The summed E-state index contributed by atoms with van der Waals surface area (Å²) < 4.78 is 12.1. The molecule has 1 N–H and O–H groups in total. The number of carboxylic acids is 1.